The van der Waals surface area contributed by atoms with Crippen LogP contribution in [-0.2, 0) is 4.74 Å². The number of hydrogen-bond acceptors (Lipinski definition) is 3. The highest BCUT2D eigenvalue weighted by Crippen LogP contribution is 2.35. The van der Waals surface area contributed by atoms with E-state index in [1.54, 1.807) is 16.7 Å². The van der Waals surface area contributed by atoms with Gasteiger partial charge >= 0.3 is 6.09 Å². The van der Waals surface area contributed by atoms with Crippen LogP contribution in [0.4, 0.5) is 4.79 Å². The maximum Gasteiger partial charge on any atom is 0.411 e. The average Bonchev–Trinajstić information content (AvgIpc) is 2.24. The van der Waals surface area contributed by atoms with Crippen molar-refractivity contribution < 1.29 is 9.53 Å². The van der Waals surface area contributed by atoms with Gasteiger partial charge in [-0.1, -0.05) is 15.9 Å². The third kappa shape index (κ3) is 4.14. The molecule has 1 heterocycles. The Labute approximate surface area is 126 Å². The van der Waals surface area contributed by atoms with Crippen LogP contribution >= 0.6 is 27.7 Å². The number of thioether (sulfide) groups is 1. The molecule has 3 nitrogen and oxygen atoms in total. The van der Waals surface area contributed by atoms with E-state index in [1.807, 2.05) is 32.9 Å². The summed E-state index contributed by atoms with van der Waals surface area (Å²) in [5.41, 5.74) is -0.431. The molecule has 1 aliphatic rings. The van der Waals surface area contributed by atoms with Crippen molar-refractivity contribution in [3.63, 3.8) is 0 Å². The first-order chi connectivity index (χ1) is 8.85. The first kappa shape index (κ1) is 14.7. The topological polar surface area (TPSA) is 29.5 Å². The number of halogens is 1. The van der Waals surface area contributed by atoms with Gasteiger partial charge in [-0.25, -0.2) is 4.79 Å². The Morgan fingerprint density at radius 2 is 2.00 bits per heavy atom. The van der Waals surface area contributed by atoms with E-state index in [0.717, 1.165) is 17.4 Å². The summed E-state index contributed by atoms with van der Waals surface area (Å²) >= 11 is 5.12. The van der Waals surface area contributed by atoms with Gasteiger partial charge in [0.1, 0.15) is 5.60 Å². The molecule has 0 radical (unpaired) electrons. The number of carbonyl (C=O) groups is 1. The molecule has 1 unspecified atom stereocenters. The number of ether oxygens (including phenoxy) is 1. The third-order valence-electron chi connectivity index (χ3n) is 2.68. The molecule has 1 amide bonds. The number of benzene rings is 1. The lowest BCUT2D eigenvalue weighted by atomic mass is 10.2. The lowest BCUT2D eigenvalue weighted by Gasteiger charge is -2.40. The van der Waals surface area contributed by atoms with Crippen molar-refractivity contribution in [1.29, 1.82) is 0 Å². The van der Waals surface area contributed by atoms with Crippen LogP contribution in [0.3, 0.4) is 0 Å². The third-order valence-corrected chi connectivity index (χ3v) is 4.51. The quantitative estimate of drug-likeness (QED) is 0.791. The van der Waals surface area contributed by atoms with E-state index in [-0.39, 0.29) is 11.5 Å². The Kier molecular flexibility index (Phi) is 4.46. The molecule has 1 aliphatic heterocycles. The molecular formula is C14H18BrNO2S. The van der Waals surface area contributed by atoms with Crippen molar-refractivity contribution in [2.75, 3.05) is 6.54 Å². The zero-order valence-corrected chi connectivity index (χ0v) is 13.8. The predicted octanol–water partition coefficient (Wildman–Crippen LogP) is 4.51. The molecule has 0 N–H and O–H groups in total. The van der Waals surface area contributed by atoms with Crippen molar-refractivity contribution in [2.45, 2.75) is 43.1 Å². The standard InChI is InChI=1S/C14H18BrNO2S/c1-14(2,3)18-13(17)16-9-8-12(16)19-11-6-4-10(15)5-7-11/h4-7,12H,8-9H2,1-3H3. The number of nitrogens with zero attached hydrogens (tertiary/aromatic N) is 1. The average molecular weight is 344 g/mol. The van der Waals surface area contributed by atoms with Gasteiger partial charge in [-0.15, -0.1) is 11.8 Å². The van der Waals surface area contributed by atoms with E-state index in [9.17, 15) is 4.79 Å². The van der Waals surface area contributed by atoms with Crippen molar-refractivity contribution >= 4 is 33.8 Å². The Morgan fingerprint density at radius 1 is 1.37 bits per heavy atom. The molecule has 0 aromatic heterocycles. The van der Waals surface area contributed by atoms with Crippen molar-refractivity contribution in [2.24, 2.45) is 0 Å². The second-order valence-corrected chi connectivity index (χ2v) is 7.66. The molecule has 19 heavy (non-hydrogen) atoms. The van der Waals surface area contributed by atoms with Gasteiger partial charge in [0.05, 0.1) is 5.37 Å². The van der Waals surface area contributed by atoms with E-state index < -0.39 is 5.60 Å². The van der Waals surface area contributed by atoms with Crippen molar-refractivity contribution in [1.82, 2.24) is 4.90 Å². The fraction of sp³-hybridized carbons (Fsp3) is 0.500. The van der Waals surface area contributed by atoms with E-state index in [2.05, 4.69) is 28.1 Å². The second-order valence-electron chi connectivity index (χ2n) is 5.49. The highest BCUT2D eigenvalue weighted by Gasteiger charge is 2.35. The fourth-order valence-electron chi connectivity index (χ4n) is 1.69. The Hall–Kier alpha value is -0.680. The fourth-order valence-corrected chi connectivity index (χ4v) is 3.10. The summed E-state index contributed by atoms with van der Waals surface area (Å²) in [4.78, 5) is 14.9. The normalized spacial score (nSPS) is 18.9. The van der Waals surface area contributed by atoms with E-state index in [4.69, 9.17) is 4.74 Å². The molecule has 0 bridgehead atoms. The molecule has 1 atom stereocenters. The summed E-state index contributed by atoms with van der Waals surface area (Å²) < 4.78 is 6.46. The van der Waals surface area contributed by atoms with Gasteiger partial charge in [0.15, 0.2) is 0 Å². The maximum atomic E-state index is 12.0. The Balaban J connectivity index is 1.92. The molecular weight excluding hydrogens is 326 g/mol. The molecule has 0 saturated carbocycles. The van der Waals surface area contributed by atoms with Crippen molar-refractivity contribution in [3.05, 3.63) is 28.7 Å². The zero-order valence-electron chi connectivity index (χ0n) is 11.4. The van der Waals surface area contributed by atoms with E-state index in [0.29, 0.717) is 0 Å². The number of rotatable bonds is 2. The van der Waals surface area contributed by atoms with Crippen LogP contribution in [0.2, 0.25) is 0 Å². The Morgan fingerprint density at radius 3 is 2.47 bits per heavy atom. The molecule has 1 aromatic rings. The minimum atomic E-state index is -0.431. The monoisotopic (exact) mass is 343 g/mol. The summed E-state index contributed by atoms with van der Waals surface area (Å²) in [5, 5.41) is 0.191. The molecule has 0 spiro atoms. The Bertz CT molecular complexity index is 456. The van der Waals surface area contributed by atoms with Gasteiger partial charge < -0.3 is 4.74 Å². The minimum absolute atomic E-state index is 0.191. The van der Waals surface area contributed by atoms with Gasteiger partial charge in [-0.3, -0.25) is 4.90 Å². The van der Waals surface area contributed by atoms with Crippen LogP contribution in [0.5, 0.6) is 0 Å². The summed E-state index contributed by atoms with van der Waals surface area (Å²) in [6.07, 6.45) is 0.799. The van der Waals surface area contributed by atoms with Crippen LogP contribution in [-0.4, -0.2) is 28.5 Å². The van der Waals surface area contributed by atoms with Gasteiger partial charge in [0.2, 0.25) is 0 Å². The molecule has 1 fully saturated rings. The lowest BCUT2D eigenvalue weighted by molar-refractivity contribution is 0.00851. The summed E-state index contributed by atoms with van der Waals surface area (Å²) in [6, 6.07) is 8.14. The first-order valence-corrected chi connectivity index (χ1v) is 7.94. The van der Waals surface area contributed by atoms with E-state index in [1.165, 1.54) is 4.90 Å². The number of hydrogen-bond donors (Lipinski definition) is 0. The van der Waals surface area contributed by atoms with Crippen LogP contribution in [0.25, 0.3) is 0 Å². The maximum absolute atomic E-state index is 12.0. The highest BCUT2D eigenvalue weighted by molar-refractivity contribution is 9.10. The highest BCUT2D eigenvalue weighted by atomic mass is 79.9. The zero-order chi connectivity index (χ0) is 14.0. The van der Waals surface area contributed by atoms with Crippen LogP contribution in [0.15, 0.2) is 33.6 Å². The van der Waals surface area contributed by atoms with Crippen molar-refractivity contribution in [3.8, 4) is 0 Å². The van der Waals surface area contributed by atoms with Crippen LogP contribution in [0, 0.1) is 0 Å². The largest absolute Gasteiger partial charge is 0.444 e. The van der Waals surface area contributed by atoms with Crippen LogP contribution < -0.4 is 0 Å². The number of amides is 1. The lowest BCUT2D eigenvalue weighted by Crippen LogP contribution is -2.50. The van der Waals surface area contributed by atoms with Gasteiger partial charge in [0, 0.05) is 15.9 Å². The molecule has 5 heteroatoms. The van der Waals surface area contributed by atoms with Gasteiger partial charge in [-0.05, 0) is 51.5 Å². The smallest absolute Gasteiger partial charge is 0.411 e. The molecule has 1 saturated heterocycles. The summed E-state index contributed by atoms with van der Waals surface area (Å²) in [6.45, 7) is 6.45. The SMILES string of the molecule is CC(C)(C)OC(=O)N1CCC1Sc1ccc(Br)cc1. The number of likely N-dealkylation sites (tertiary alicyclic amines) is 1. The number of carbonyl (C=O) groups excluding carboxylic acids is 1. The first-order valence-electron chi connectivity index (χ1n) is 6.27. The second kappa shape index (κ2) is 5.75. The van der Waals surface area contributed by atoms with Crippen LogP contribution in [0.1, 0.15) is 27.2 Å². The molecule has 1 aromatic carbocycles. The summed E-state index contributed by atoms with van der Waals surface area (Å²) in [7, 11) is 0. The summed E-state index contributed by atoms with van der Waals surface area (Å²) in [5.74, 6) is 0. The van der Waals surface area contributed by atoms with Gasteiger partial charge in [-0.2, -0.15) is 0 Å². The van der Waals surface area contributed by atoms with Gasteiger partial charge in [0.25, 0.3) is 0 Å². The predicted molar refractivity (Wildman–Crippen MR) is 81.3 cm³/mol. The van der Waals surface area contributed by atoms with E-state index >= 15 is 0 Å². The molecule has 104 valence electrons. The molecule has 2 rings (SSSR count). The minimum Gasteiger partial charge on any atom is -0.444 e. The molecule has 0 aliphatic carbocycles.